The molecule has 3 nitrogen and oxygen atoms in total. The summed E-state index contributed by atoms with van der Waals surface area (Å²) in [7, 11) is 1.59. The lowest BCUT2D eigenvalue weighted by Crippen LogP contribution is -2.44. The van der Waals surface area contributed by atoms with Crippen molar-refractivity contribution in [1.82, 2.24) is 10.2 Å². The van der Waals surface area contributed by atoms with Gasteiger partial charge in [-0.3, -0.25) is 4.79 Å². The molecule has 1 atom stereocenters. The standard InChI is InChI=1S/C15H22F2N2O/c1-10(12-8-11(16)6-7-13(12)17)19(5)14(20)9-18-15(2,3)4/h6-8,10,18H,9H2,1-5H3. The Labute approximate surface area is 119 Å². The lowest BCUT2D eigenvalue weighted by Gasteiger charge is -2.28. The van der Waals surface area contributed by atoms with E-state index in [-0.39, 0.29) is 23.6 Å². The van der Waals surface area contributed by atoms with Gasteiger partial charge in [0.05, 0.1) is 12.6 Å². The van der Waals surface area contributed by atoms with Crippen LogP contribution in [-0.2, 0) is 4.79 Å². The van der Waals surface area contributed by atoms with E-state index in [0.29, 0.717) is 0 Å². The van der Waals surface area contributed by atoms with Crippen LogP contribution in [-0.4, -0.2) is 29.9 Å². The number of hydrogen-bond donors (Lipinski definition) is 1. The van der Waals surface area contributed by atoms with E-state index in [2.05, 4.69) is 5.32 Å². The van der Waals surface area contributed by atoms with Crippen molar-refractivity contribution < 1.29 is 13.6 Å². The van der Waals surface area contributed by atoms with Gasteiger partial charge in [0.15, 0.2) is 0 Å². The lowest BCUT2D eigenvalue weighted by atomic mass is 10.1. The Morgan fingerprint density at radius 1 is 1.35 bits per heavy atom. The smallest absolute Gasteiger partial charge is 0.236 e. The van der Waals surface area contributed by atoms with Crippen LogP contribution in [0.5, 0.6) is 0 Å². The minimum atomic E-state index is -0.528. The average molecular weight is 284 g/mol. The maximum Gasteiger partial charge on any atom is 0.236 e. The molecule has 0 aliphatic heterocycles. The summed E-state index contributed by atoms with van der Waals surface area (Å²) in [5.41, 5.74) is 0.000673. The number of benzene rings is 1. The second-order valence-corrected chi connectivity index (χ2v) is 5.95. The van der Waals surface area contributed by atoms with E-state index in [0.717, 1.165) is 18.2 Å². The first-order valence-electron chi connectivity index (χ1n) is 6.57. The fourth-order valence-corrected chi connectivity index (χ4v) is 1.72. The van der Waals surface area contributed by atoms with Crippen molar-refractivity contribution in [3.8, 4) is 0 Å². The Morgan fingerprint density at radius 2 is 1.95 bits per heavy atom. The van der Waals surface area contributed by atoms with Gasteiger partial charge in [0.1, 0.15) is 11.6 Å². The van der Waals surface area contributed by atoms with Crippen LogP contribution in [0, 0.1) is 11.6 Å². The summed E-state index contributed by atoms with van der Waals surface area (Å²) in [6, 6.07) is 2.74. The molecule has 1 aromatic rings. The summed E-state index contributed by atoms with van der Waals surface area (Å²) in [5.74, 6) is -1.19. The third-order valence-electron chi connectivity index (χ3n) is 3.15. The lowest BCUT2D eigenvalue weighted by molar-refractivity contribution is -0.131. The summed E-state index contributed by atoms with van der Waals surface area (Å²) < 4.78 is 26.9. The van der Waals surface area contributed by atoms with Gasteiger partial charge in [0.25, 0.3) is 0 Å². The Balaban J connectivity index is 2.78. The fourth-order valence-electron chi connectivity index (χ4n) is 1.72. The van der Waals surface area contributed by atoms with Crippen molar-refractivity contribution in [3.63, 3.8) is 0 Å². The average Bonchev–Trinajstić information content (AvgIpc) is 2.36. The van der Waals surface area contributed by atoms with E-state index in [1.807, 2.05) is 20.8 Å². The summed E-state index contributed by atoms with van der Waals surface area (Å²) in [6.07, 6.45) is 0. The molecule has 1 rings (SSSR count). The van der Waals surface area contributed by atoms with E-state index in [4.69, 9.17) is 0 Å². The number of rotatable bonds is 4. The minimum absolute atomic E-state index is 0.154. The molecule has 112 valence electrons. The molecule has 0 spiro atoms. The topological polar surface area (TPSA) is 32.3 Å². The van der Waals surface area contributed by atoms with Crippen molar-refractivity contribution in [3.05, 3.63) is 35.4 Å². The highest BCUT2D eigenvalue weighted by Gasteiger charge is 2.21. The van der Waals surface area contributed by atoms with E-state index >= 15 is 0 Å². The third kappa shape index (κ3) is 4.56. The van der Waals surface area contributed by atoms with Gasteiger partial charge in [0.2, 0.25) is 5.91 Å². The van der Waals surface area contributed by atoms with E-state index in [9.17, 15) is 13.6 Å². The zero-order chi connectivity index (χ0) is 15.5. The predicted molar refractivity (Wildman–Crippen MR) is 75.3 cm³/mol. The number of nitrogens with zero attached hydrogens (tertiary/aromatic N) is 1. The predicted octanol–water partition coefficient (Wildman–Crippen LogP) is 2.87. The third-order valence-corrected chi connectivity index (χ3v) is 3.15. The largest absolute Gasteiger partial charge is 0.338 e. The van der Waals surface area contributed by atoms with Gasteiger partial charge in [-0.1, -0.05) is 0 Å². The normalized spacial score (nSPS) is 13.2. The van der Waals surface area contributed by atoms with Gasteiger partial charge in [-0.15, -0.1) is 0 Å². The van der Waals surface area contributed by atoms with Gasteiger partial charge >= 0.3 is 0 Å². The van der Waals surface area contributed by atoms with Crippen molar-refractivity contribution in [1.29, 1.82) is 0 Å². The van der Waals surface area contributed by atoms with Crippen LogP contribution in [0.3, 0.4) is 0 Å². The minimum Gasteiger partial charge on any atom is -0.338 e. The van der Waals surface area contributed by atoms with Crippen LogP contribution >= 0.6 is 0 Å². The van der Waals surface area contributed by atoms with Crippen molar-refractivity contribution in [2.75, 3.05) is 13.6 Å². The second-order valence-electron chi connectivity index (χ2n) is 5.95. The Kier molecular flexibility index (Phi) is 5.22. The van der Waals surface area contributed by atoms with Gasteiger partial charge in [-0.2, -0.15) is 0 Å². The monoisotopic (exact) mass is 284 g/mol. The molecular formula is C15H22F2N2O. The van der Waals surface area contributed by atoms with Gasteiger partial charge in [-0.25, -0.2) is 8.78 Å². The quantitative estimate of drug-likeness (QED) is 0.922. The Hall–Kier alpha value is -1.49. The van der Waals surface area contributed by atoms with Crippen molar-refractivity contribution in [2.24, 2.45) is 0 Å². The highest BCUT2D eigenvalue weighted by atomic mass is 19.1. The number of carbonyl (C=O) groups excluding carboxylic acids is 1. The maximum atomic E-state index is 13.7. The van der Waals surface area contributed by atoms with Crippen molar-refractivity contribution >= 4 is 5.91 Å². The number of hydrogen-bond acceptors (Lipinski definition) is 2. The number of halogens is 2. The molecular weight excluding hydrogens is 262 g/mol. The first-order chi connectivity index (χ1) is 9.11. The summed E-state index contributed by atoms with van der Waals surface area (Å²) in [4.78, 5) is 13.5. The number of carbonyl (C=O) groups is 1. The molecule has 0 radical (unpaired) electrons. The molecule has 0 bridgehead atoms. The number of amides is 1. The molecule has 1 amide bonds. The molecule has 0 aliphatic carbocycles. The second kappa shape index (κ2) is 6.31. The first-order valence-corrected chi connectivity index (χ1v) is 6.57. The molecule has 0 saturated carbocycles. The molecule has 1 aromatic carbocycles. The zero-order valence-corrected chi connectivity index (χ0v) is 12.6. The molecule has 0 aromatic heterocycles. The molecule has 0 aliphatic rings. The zero-order valence-electron chi connectivity index (χ0n) is 12.6. The number of likely N-dealkylation sites (N-methyl/N-ethyl adjacent to an activating group) is 1. The van der Waals surface area contributed by atoms with Crippen LogP contribution < -0.4 is 5.32 Å². The Bertz CT molecular complexity index is 483. The molecule has 0 heterocycles. The van der Waals surface area contributed by atoms with Crippen LogP contribution in [0.2, 0.25) is 0 Å². The Morgan fingerprint density at radius 3 is 2.50 bits per heavy atom. The highest BCUT2D eigenvalue weighted by molar-refractivity contribution is 5.78. The number of nitrogens with one attached hydrogen (secondary N) is 1. The molecule has 0 fully saturated rings. The van der Waals surface area contributed by atoms with Crippen LogP contribution in [0.15, 0.2) is 18.2 Å². The van der Waals surface area contributed by atoms with Crippen LogP contribution in [0.1, 0.15) is 39.3 Å². The van der Waals surface area contributed by atoms with Gasteiger partial charge < -0.3 is 10.2 Å². The van der Waals surface area contributed by atoms with Gasteiger partial charge in [-0.05, 0) is 45.9 Å². The summed E-state index contributed by atoms with van der Waals surface area (Å²) >= 11 is 0. The van der Waals surface area contributed by atoms with E-state index in [1.165, 1.54) is 4.90 Å². The van der Waals surface area contributed by atoms with Gasteiger partial charge in [0, 0.05) is 18.2 Å². The first kappa shape index (κ1) is 16.6. The highest BCUT2D eigenvalue weighted by Crippen LogP contribution is 2.22. The van der Waals surface area contributed by atoms with E-state index < -0.39 is 17.7 Å². The van der Waals surface area contributed by atoms with Crippen molar-refractivity contribution in [2.45, 2.75) is 39.3 Å². The summed E-state index contributed by atoms with van der Waals surface area (Å²) in [5, 5.41) is 3.08. The molecule has 1 N–H and O–H groups in total. The summed E-state index contributed by atoms with van der Waals surface area (Å²) in [6.45, 7) is 7.69. The van der Waals surface area contributed by atoms with E-state index in [1.54, 1.807) is 14.0 Å². The maximum absolute atomic E-state index is 13.7. The molecule has 0 saturated heterocycles. The molecule has 1 unspecified atom stereocenters. The molecule has 5 heteroatoms. The SMILES string of the molecule is CC(c1cc(F)ccc1F)N(C)C(=O)CNC(C)(C)C. The van der Waals surface area contributed by atoms with Crippen LogP contribution in [0.25, 0.3) is 0 Å². The molecule has 20 heavy (non-hydrogen) atoms. The van der Waals surface area contributed by atoms with Crippen LogP contribution in [0.4, 0.5) is 8.78 Å². The fraction of sp³-hybridized carbons (Fsp3) is 0.533.